The maximum absolute atomic E-state index is 11.8. The molecule has 24 heavy (non-hydrogen) atoms. The number of aliphatic hydroxyl groups excluding tert-OH is 1. The molecule has 0 fully saturated rings. The predicted molar refractivity (Wildman–Crippen MR) is 97.9 cm³/mol. The van der Waals surface area contributed by atoms with Gasteiger partial charge in [0.15, 0.2) is 0 Å². The van der Waals surface area contributed by atoms with Gasteiger partial charge in [-0.05, 0) is 37.0 Å². The van der Waals surface area contributed by atoms with Crippen molar-refractivity contribution in [3.05, 3.63) is 66.5 Å². The number of nitrogens with zero attached hydrogens (tertiary/aromatic N) is 1. The van der Waals surface area contributed by atoms with Crippen molar-refractivity contribution in [1.82, 2.24) is 10.3 Å². The summed E-state index contributed by atoms with van der Waals surface area (Å²) in [5.74, 6) is -0.0868. The van der Waals surface area contributed by atoms with E-state index >= 15 is 0 Å². The number of carbonyl (C=O) groups excluding carboxylic acids is 1. The number of amides is 1. The number of hydrogen-bond acceptors (Lipinski definition) is 4. The first-order valence-electron chi connectivity index (χ1n) is 7.85. The van der Waals surface area contributed by atoms with E-state index in [1.165, 1.54) is 5.57 Å². The molecule has 0 saturated carbocycles. The van der Waals surface area contributed by atoms with Crippen molar-refractivity contribution >= 4 is 5.91 Å². The van der Waals surface area contributed by atoms with Gasteiger partial charge >= 0.3 is 0 Å². The van der Waals surface area contributed by atoms with Gasteiger partial charge in [0.1, 0.15) is 0 Å². The number of ether oxygens (including phenoxy) is 1. The van der Waals surface area contributed by atoms with Crippen LogP contribution >= 0.6 is 0 Å². The molecular formula is C19H28N2O3. The molecule has 5 heteroatoms. The maximum Gasteiger partial charge on any atom is 0.252 e. The molecule has 132 valence electrons. The van der Waals surface area contributed by atoms with Gasteiger partial charge in [-0.25, -0.2) is 0 Å². The number of aliphatic hydroxyl groups is 1. The minimum Gasteiger partial charge on any atom is -0.400 e. The highest BCUT2D eigenvalue weighted by Gasteiger charge is 2.04. The van der Waals surface area contributed by atoms with Crippen molar-refractivity contribution in [3.8, 4) is 0 Å². The summed E-state index contributed by atoms with van der Waals surface area (Å²) >= 11 is 0. The van der Waals surface area contributed by atoms with Gasteiger partial charge in [-0.3, -0.25) is 9.78 Å². The van der Waals surface area contributed by atoms with Crippen molar-refractivity contribution < 1.29 is 14.6 Å². The Labute approximate surface area is 144 Å². The van der Waals surface area contributed by atoms with Gasteiger partial charge in [0.25, 0.3) is 5.91 Å². The summed E-state index contributed by atoms with van der Waals surface area (Å²) in [5, 5.41) is 9.89. The molecule has 1 aromatic heterocycles. The Morgan fingerprint density at radius 1 is 1.46 bits per heavy atom. The molecule has 1 aromatic rings. The van der Waals surface area contributed by atoms with E-state index in [-0.39, 0.29) is 5.91 Å². The molecule has 0 aliphatic heterocycles. The second kappa shape index (κ2) is 15.6. The van der Waals surface area contributed by atoms with Crippen LogP contribution in [0.5, 0.6) is 0 Å². The lowest BCUT2D eigenvalue weighted by Crippen LogP contribution is -2.24. The maximum atomic E-state index is 11.8. The Morgan fingerprint density at radius 2 is 2.25 bits per heavy atom. The molecular weight excluding hydrogens is 304 g/mol. The smallest absolute Gasteiger partial charge is 0.252 e. The Bertz CT molecular complexity index is 511. The lowest BCUT2D eigenvalue weighted by atomic mass is 10.1. The van der Waals surface area contributed by atoms with Gasteiger partial charge in [-0.15, -0.1) is 6.58 Å². The van der Waals surface area contributed by atoms with Crippen molar-refractivity contribution in [2.45, 2.75) is 19.3 Å². The van der Waals surface area contributed by atoms with Gasteiger partial charge in [0, 0.05) is 33.2 Å². The Balaban J connectivity index is 0.00000254. The summed E-state index contributed by atoms with van der Waals surface area (Å²) < 4.78 is 5.19. The molecule has 0 aliphatic carbocycles. The third-order valence-electron chi connectivity index (χ3n) is 2.98. The van der Waals surface area contributed by atoms with Crippen molar-refractivity contribution in [1.29, 1.82) is 0 Å². The average molecular weight is 332 g/mol. The van der Waals surface area contributed by atoms with Crippen LogP contribution in [0.15, 0.2) is 61.0 Å². The standard InChI is InChI=1S/C18H24N2O2.CH4O/c1-3-4-5-6-9-16(15-22-2)10-7-13-20-18(21)17-11-8-12-19-14-17;1-2/h3,5-6,8-9,11-12,14H,1,4,7,10,13,15H2,2H3,(H,20,21);2H,1H3/b6-5+,16-9-;. The van der Waals surface area contributed by atoms with E-state index in [9.17, 15) is 4.79 Å². The minimum absolute atomic E-state index is 0.0868. The lowest BCUT2D eigenvalue weighted by molar-refractivity contribution is 0.0952. The monoisotopic (exact) mass is 332 g/mol. The van der Waals surface area contributed by atoms with E-state index in [1.54, 1.807) is 31.6 Å². The van der Waals surface area contributed by atoms with Crippen LogP contribution in [0.1, 0.15) is 29.6 Å². The normalized spacial score (nSPS) is 10.9. The first kappa shape index (κ1) is 21.8. The number of pyridine rings is 1. The average Bonchev–Trinajstić information content (AvgIpc) is 2.64. The van der Waals surface area contributed by atoms with Crippen molar-refractivity contribution in [3.63, 3.8) is 0 Å². The first-order chi connectivity index (χ1) is 11.8. The molecule has 5 nitrogen and oxygen atoms in total. The zero-order valence-electron chi connectivity index (χ0n) is 14.6. The fraction of sp³-hybridized carbons (Fsp3) is 0.368. The van der Waals surface area contributed by atoms with E-state index in [0.717, 1.165) is 26.4 Å². The van der Waals surface area contributed by atoms with Crippen LogP contribution < -0.4 is 5.32 Å². The molecule has 0 bridgehead atoms. The quantitative estimate of drug-likeness (QED) is 0.393. The lowest BCUT2D eigenvalue weighted by Gasteiger charge is -2.07. The third kappa shape index (κ3) is 10.5. The van der Waals surface area contributed by atoms with E-state index < -0.39 is 0 Å². The van der Waals surface area contributed by atoms with Crippen LogP contribution in [0.2, 0.25) is 0 Å². The molecule has 0 radical (unpaired) electrons. The highest BCUT2D eigenvalue weighted by Crippen LogP contribution is 2.06. The van der Waals surface area contributed by atoms with Gasteiger partial charge in [0.2, 0.25) is 0 Å². The Morgan fingerprint density at radius 3 is 2.88 bits per heavy atom. The van der Waals surface area contributed by atoms with Crippen LogP contribution in [0, 0.1) is 0 Å². The fourth-order valence-electron chi connectivity index (χ4n) is 1.88. The van der Waals surface area contributed by atoms with Crippen LogP contribution in [0.3, 0.4) is 0 Å². The summed E-state index contributed by atoms with van der Waals surface area (Å²) in [4.78, 5) is 15.8. The highest BCUT2D eigenvalue weighted by molar-refractivity contribution is 5.93. The molecule has 0 atom stereocenters. The zero-order chi connectivity index (χ0) is 18.0. The third-order valence-corrected chi connectivity index (χ3v) is 2.98. The fourth-order valence-corrected chi connectivity index (χ4v) is 1.88. The molecule has 1 heterocycles. The summed E-state index contributed by atoms with van der Waals surface area (Å²) in [7, 11) is 2.69. The number of hydrogen-bond donors (Lipinski definition) is 2. The van der Waals surface area contributed by atoms with Gasteiger partial charge in [0.05, 0.1) is 12.2 Å². The van der Waals surface area contributed by atoms with Crippen LogP contribution in [0.4, 0.5) is 0 Å². The van der Waals surface area contributed by atoms with Crippen LogP contribution in [-0.4, -0.2) is 43.4 Å². The molecule has 0 spiro atoms. The van der Waals surface area contributed by atoms with Crippen LogP contribution in [-0.2, 0) is 4.74 Å². The van der Waals surface area contributed by atoms with Gasteiger partial charge in [-0.1, -0.05) is 24.3 Å². The molecule has 1 amide bonds. The Hall–Kier alpha value is -2.24. The molecule has 0 saturated heterocycles. The number of carbonyl (C=O) groups is 1. The summed E-state index contributed by atoms with van der Waals surface area (Å²) in [6.45, 7) is 4.91. The van der Waals surface area contributed by atoms with Crippen LogP contribution in [0.25, 0.3) is 0 Å². The van der Waals surface area contributed by atoms with Gasteiger partial charge < -0.3 is 15.2 Å². The number of aromatic nitrogens is 1. The SMILES string of the molecule is C=CC/C=C/C=C(/CCCNC(=O)c1cccnc1)COC.CO. The number of nitrogens with one attached hydrogen (secondary N) is 1. The minimum atomic E-state index is -0.0868. The Kier molecular flexibility index (Phi) is 14.2. The first-order valence-corrected chi connectivity index (χ1v) is 7.85. The summed E-state index contributed by atoms with van der Waals surface area (Å²) in [6, 6.07) is 3.51. The number of methoxy groups -OCH3 is 1. The summed E-state index contributed by atoms with van der Waals surface area (Å²) in [6.07, 6.45) is 13.8. The second-order valence-corrected chi connectivity index (χ2v) is 4.81. The molecule has 0 aromatic carbocycles. The molecule has 1 rings (SSSR count). The zero-order valence-corrected chi connectivity index (χ0v) is 14.6. The molecule has 0 aliphatic rings. The summed E-state index contributed by atoms with van der Waals surface area (Å²) in [5.41, 5.74) is 1.79. The number of rotatable bonds is 10. The van der Waals surface area contributed by atoms with E-state index in [2.05, 4.69) is 23.0 Å². The second-order valence-electron chi connectivity index (χ2n) is 4.81. The van der Waals surface area contributed by atoms with E-state index in [1.807, 2.05) is 18.2 Å². The number of allylic oxidation sites excluding steroid dienone is 4. The predicted octanol–water partition coefficient (Wildman–Crippen LogP) is 2.91. The van der Waals surface area contributed by atoms with Crippen molar-refractivity contribution in [2.75, 3.05) is 27.4 Å². The molecule has 2 N–H and O–H groups in total. The highest BCUT2D eigenvalue weighted by atomic mass is 16.5. The largest absolute Gasteiger partial charge is 0.400 e. The van der Waals surface area contributed by atoms with E-state index in [0.29, 0.717) is 18.7 Å². The van der Waals surface area contributed by atoms with Gasteiger partial charge in [-0.2, -0.15) is 0 Å². The van der Waals surface area contributed by atoms with E-state index in [4.69, 9.17) is 9.84 Å². The van der Waals surface area contributed by atoms with Crippen molar-refractivity contribution in [2.24, 2.45) is 0 Å². The topological polar surface area (TPSA) is 71.5 Å². The molecule has 0 unspecified atom stereocenters.